The molecule has 15 heavy (non-hydrogen) atoms. The van der Waals surface area contributed by atoms with Crippen LogP contribution in [-0.2, 0) is 0 Å². The van der Waals surface area contributed by atoms with Crippen LogP contribution in [0.5, 0.6) is 0 Å². The summed E-state index contributed by atoms with van der Waals surface area (Å²) in [6.07, 6.45) is 4.03. The summed E-state index contributed by atoms with van der Waals surface area (Å²) in [4.78, 5) is 11.6. The van der Waals surface area contributed by atoms with Gasteiger partial charge in [0.25, 0.3) is 0 Å². The van der Waals surface area contributed by atoms with E-state index in [0.717, 1.165) is 6.20 Å². The zero-order chi connectivity index (χ0) is 10.7. The Labute approximate surface area is 90.2 Å². The summed E-state index contributed by atoms with van der Waals surface area (Å²) in [7, 11) is 0. The number of nitrogens with one attached hydrogen (secondary N) is 1. The first-order chi connectivity index (χ1) is 7.24. The van der Waals surface area contributed by atoms with Gasteiger partial charge in [-0.15, -0.1) is 0 Å². The summed E-state index contributed by atoms with van der Waals surface area (Å²) < 4.78 is 12.6. The molecular weight excluding hydrogens is 219 g/mol. The van der Waals surface area contributed by atoms with Crippen LogP contribution in [-0.4, -0.2) is 15.0 Å². The van der Waals surface area contributed by atoms with Crippen LogP contribution in [0.2, 0.25) is 5.15 Å². The molecular formula is C9H6ClFN4. The largest absolute Gasteiger partial charge is 0.324 e. The molecule has 0 aliphatic rings. The van der Waals surface area contributed by atoms with Crippen molar-refractivity contribution >= 4 is 23.2 Å². The van der Waals surface area contributed by atoms with E-state index in [4.69, 9.17) is 11.6 Å². The number of hydrogen-bond donors (Lipinski definition) is 1. The van der Waals surface area contributed by atoms with Crippen molar-refractivity contribution in [2.24, 2.45) is 0 Å². The van der Waals surface area contributed by atoms with E-state index in [1.807, 2.05) is 0 Å². The Balaban J connectivity index is 2.18. The van der Waals surface area contributed by atoms with Gasteiger partial charge < -0.3 is 5.32 Å². The first-order valence-corrected chi connectivity index (χ1v) is 4.48. The van der Waals surface area contributed by atoms with Crippen LogP contribution in [0.15, 0.2) is 30.7 Å². The molecule has 0 bridgehead atoms. The molecule has 2 aromatic rings. The van der Waals surface area contributed by atoms with Gasteiger partial charge in [-0.25, -0.2) is 14.4 Å². The first-order valence-electron chi connectivity index (χ1n) is 4.10. The van der Waals surface area contributed by atoms with E-state index in [9.17, 15) is 4.39 Å². The molecule has 2 aromatic heterocycles. The molecule has 0 fully saturated rings. The number of hydrogen-bond acceptors (Lipinski definition) is 4. The van der Waals surface area contributed by atoms with Crippen LogP contribution < -0.4 is 5.32 Å². The Hall–Kier alpha value is -1.75. The Morgan fingerprint density at radius 3 is 2.67 bits per heavy atom. The number of aromatic nitrogens is 3. The van der Waals surface area contributed by atoms with Gasteiger partial charge in [-0.2, -0.15) is 0 Å². The Morgan fingerprint density at radius 1 is 1.13 bits per heavy atom. The van der Waals surface area contributed by atoms with E-state index in [2.05, 4.69) is 20.3 Å². The average Bonchev–Trinajstić information content (AvgIpc) is 2.22. The van der Waals surface area contributed by atoms with Gasteiger partial charge in [0.15, 0.2) is 5.82 Å². The minimum absolute atomic E-state index is 0.280. The molecule has 0 aromatic carbocycles. The number of anilines is 2. The van der Waals surface area contributed by atoms with Gasteiger partial charge >= 0.3 is 0 Å². The molecule has 0 amide bonds. The fourth-order valence-electron chi connectivity index (χ4n) is 0.983. The third kappa shape index (κ3) is 2.60. The van der Waals surface area contributed by atoms with Gasteiger partial charge in [0, 0.05) is 0 Å². The van der Waals surface area contributed by atoms with Gasteiger partial charge in [0.1, 0.15) is 16.8 Å². The highest BCUT2D eigenvalue weighted by Gasteiger charge is 1.98. The van der Waals surface area contributed by atoms with Crippen LogP contribution in [0.1, 0.15) is 0 Å². The zero-order valence-electron chi connectivity index (χ0n) is 7.48. The Morgan fingerprint density at radius 2 is 2.00 bits per heavy atom. The maximum absolute atomic E-state index is 12.6. The molecule has 0 unspecified atom stereocenters. The quantitative estimate of drug-likeness (QED) is 0.851. The van der Waals surface area contributed by atoms with Gasteiger partial charge in [-0.1, -0.05) is 11.6 Å². The van der Waals surface area contributed by atoms with Crippen LogP contribution in [0, 0.1) is 5.82 Å². The van der Waals surface area contributed by atoms with E-state index in [-0.39, 0.29) is 5.15 Å². The molecule has 0 spiro atoms. The fourth-order valence-corrected chi connectivity index (χ4v) is 1.13. The van der Waals surface area contributed by atoms with Crippen LogP contribution in [0.25, 0.3) is 0 Å². The molecule has 4 nitrogen and oxygen atoms in total. The minimum atomic E-state index is -0.391. The number of nitrogens with zero attached hydrogens (tertiary/aromatic N) is 3. The monoisotopic (exact) mass is 224 g/mol. The maximum Gasteiger partial charge on any atom is 0.151 e. The number of pyridine rings is 1. The van der Waals surface area contributed by atoms with Gasteiger partial charge in [-0.3, -0.25) is 4.98 Å². The van der Waals surface area contributed by atoms with Crippen molar-refractivity contribution in [1.82, 2.24) is 15.0 Å². The topological polar surface area (TPSA) is 50.7 Å². The molecule has 76 valence electrons. The highest BCUT2D eigenvalue weighted by atomic mass is 35.5. The molecule has 1 N–H and O–H groups in total. The van der Waals surface area contributed by atoms with Crippen LogP contribution in [0.3, 0.4) is 0 Å². The Bertz CT molecular complexity index is 460. The van der Waals surface area contributed by atoms with Gasteiger partial charge in [0.05, 0.1) is 18.6 Å². The second-order valence-corrected chi connectivity index (χ2v) is 3.10. The molecule has 0 aliphatic carbocycles. The molecule has 0 aliphatic heterocycles. The molecule has 2 rings (SSSR count). The highest BCUT2D eigenvalue weighted by Crippen LogP contribution is 2.12. The molecule has 6 heteroatoms. The standard InChI is InChI=1S/C9H6ClFN4/c10-7-4-12-5-9(14-7)15-8-2-1-6(11)3-13-8/h1-5H,(H,13,14,15). The smallest absolute Gasteiger partial charge is 0.151 e. The lowest BCUT2D eigenvalue weighted by Gasteiger charge is -2.03. The number of rotatable bonds is 2. The second kappa shape index (κ2) is 4.18. The SMILES string of the molecule is Fc1ccc(Nc2cncc(Cl)n2)nc1. The summed E-state index contributed by atoms with van der Waals surface area (Å²) in [6, 6.07) is 2.80. The third-order valence-corrected chi connectivity index (χ3v) is 1.77. The lowest BCUT2D eigenvalue weighted by Crippen LogP contribution is -1.96. The van der Waals surface area contributed by atoms with E-state index in [0.29, 0.717) is 11.6 Å². The lowest BCUT2D eigenvalue weighted by atomic mass is 10.4. The third-order valence-electron chi connectivity index (χ3n) is 1.59. The molecule has 0 atom stereocenters. The molecule has 0 saturated carbocycles. The van der Waals surface area contributed by atoms with Crippen molar-refractivity contribution in [3.8, 4) is 0 Å². The average molecular weight is 225 g/mol. The maximum atomic E-state index is 12.6. The summed E-state index contributed by atoms with van der Waals surface area (Å²) in [5.74, 6) is 0.548. The fraction of sp³-hybridized carbons (Fsp3) is 0. The van der Waals surface area contributed by atoms with E-state index in [1.54, 1.807) is 0 Å². The number of halogens is 2. The van der Waals surface area contributed by atoms with Crippen molar-refractivity contribution < 1.29 is 4.39 Å². The summed E-state index contributed by atoms with van der Waals surface area (Å²) in [6.45, 7) is 0. The van der Waals surface area contributed by atoms with Crippen LogP contribution >= 0.6 is 11.6 Å². The minimum Gasteiger partial charge on any atom is -0.324 e. The van der Waals surface area contributed by atoms with Crippen molar-refractivity contribution in [3.05, 3.63) is 41.7 Å². The van der Waals surface area contributed by atoms with Gasteiger partial charge in [-0.05, 0) is 12.1 Å². The summed E-state index contributed by atoms with van der Waals surface area (Å²) in [5, 5.41) is 3.12. The van der Waals surface area contributed by atoms with E-state index < -0.39 is 5.82 Å². The highest BCUT2D eigenvalue weighted by molar-refractivity contribution is 6.29. The zero-order valence-corrected chi connectivity index (χ0v) is 8.24. The summed E-state index contributed by atoms with van der Waals surface area (Å²) >= 11 is 5.64. The van der Waals surface area contributed by atoms with Gasteiger partial charge in [0.2, 0.25) is 0 Å². The normalized spacial score (nSPS) is 10.0. The van der Waals surface area contributed by atoms with Crippen molar-refractivity contribution in [2.75, 3.05) is 5.32 Å². The Kier molecular flexibility index (Phi) is 2.73. The summed E-state index contributed by atoms with van der Waals surface area (Å²) in [5.41, 5.74) is 0. The molecule has 0 radical (unpaired) electrons. The molecule has 0 saturated heterocycles. The van der Waals surface area contributed by atoms with Crippen molar-refractivity contribution in [2.45, 2.75) is 0 Å². The predicted molar refractivity (Wildman–Crippen MR) is 54.5 cm³/mol. The lowest BCUT2D eigenvalue weighted by molar-refractivity contribution is 0.622. The second-order valence-electron chi connectivity index (χ2n) is 2.71. The van der Waals surface area contributed by atoms with Crippen molar-refractivity contribution in [1.29, 1.82) is 0 Å². The van der Waals surface area contributed by atoms with Crippen LogP contribution in [0.4, 0.5) is 16.0 Å². The van der Waals surface area contributed by atoms with E-state index >= 15 is 0 Å². The molecule has 2 heterocycles. The van der Waals surface area contributed by atoms with E-state index in [1.165, 1.54) is 24.5 Å². The predicted octanol–water partition coefficient (Wildman–Crippen LogP) is 2.41. The van der Waals surface area contributed by atoms with Crippen molar-refractivity contribution in [3.63, 3.8) is 0 Å². The first kappa shape index (κ1) is 9.79.